The molecule has 7 nitrogen and oxygen atoms in total. The van der Waals surface area contributed by atoms with Crippen molar-refractivity contribution in [2.75, 3.05) is 0 Å². The highest BCUT2D eigenvalue weighted by Gasteiger charge is 2.16. The summed E-state index contributed by atoms with van der Waals surface area (Å²) < 4.78 is 9.72. The maximum Gasteiger partial charge on any atom is 0.258 e. The van der Waals surface area contributed by atoms with Gasteiger partial charge in [0.2, 0.25) is 0 Å². The molecule has 0 radical (unpaired) electrons. The van der Waals surface area contributed by atoms with Gasteiger partial charge >= 0.3 is 0 Å². The zero-order valence-electron chi connectivity index (χ0n) is 18.7. The molecule has 9 heteroatoms. The van der Waals surface area contributed by atoms with Gasteiger partial charge in [-0.05, 0) is 37.0 Å². The Morgan fingerprint density at radius 2 is 1.97 bits per heavy atom. The first-order chi connectivity index (χ1) is 15.4. The van der Waals surface area contributed by atoms with Gasteiger partial charge in [-0.25, -0.2) is 4.98 Å². The Morgan fingerprint density at radius 1 is 1.19 bits per heavy atom. The summed E-state index contributed by atoms with van der Waals surface area (Å²) in [6.45, 7) is 9.52. The lowest BCUT2D eigenvalue weighted by atomic mass is 10.2. The molecule has 3 heterocycles. The second-order valence-electron chi connectivity index (χ2n) is 8.06. The van der Waals surface area contributed by atoms with Crippen LogP contribution in [-0.4, -0.2) is 24.1 Å². The van der Waals surface area contributed by atoms with Gasteiger partial charge in [-0.15, -0.1) is 21.5 Å². The van der Waals surface area contributed by atoms with Crippen molar-refractivity contribution in [1.29, 1.82) is 0 Å². The fourth-order valence-electron chi connectivity index (χ4n) is 3.36. The Bertz CT molecular complexity index is 1260. The van der Waals surface area contributed by atoms with Crippen LogP contribution in [0.25, 0.3) is 4.96 Å². The summed E-state index contributed by atoms with van der Waals surface area (Å²) >= 11 is 3.02. The summed E-state index contributed by atoms with van der Waals surface area (Å²) in [6, 6.07) is 9.75. The highest BCUT2D eigenvalue weighted by molar-refractivity contribution is 7.98. The third-order valence-electron chi connectivity index (χ3n) is 5.02. The molecular weight excluding hydrogens is 442 g/mol. The summed E-state index contributed by atoms with van der Waals surface area (Å²) in [6.07, 6.45) is 1.00. The number of aryl methyl sites for hydroxylation is 2. The first-order valence-corrected chi connectivity index (χ1v) is 12.5. The first-order valence-electron chi connectivity index (χ1n) is 10.7. The average Bonchev–Trinajstić information content (AvgIpc) is 3.34. The van der Waals surface area contributed by atoms with Crippen molar-refractivity contribution in [2.45, 2.75) is 58.2 Å². The fourth-order valence-corrected chi connectivity index (χ4v) is 5.11. The number of thiazole rings is 1. The van der Waals surface area contributed by atoms with E-state index >= 15 is 0 Å². The molecule has 0 unspecified atom stereocenters. The van der Waals surface area contributed by atoms with Crippen LogP contribution in [0.2, 0.25) is 0 Å². The number of ether oxygens (including phenoxy) is 1. The summed E-state index contributed by atoms with van der Waals surface area (Å²) in [5, 5.41) is 11.5. The van der Waals surface area contributed by atoms with E-state index in [1.807, 2.05) is 24.4 Å². The van der Waals surface area contributed by atoms with Crippen molar-refractivity contribution in [2.24, 2.45) is 5.92 Å². The fraction of sp³-hybridized carbons (Fsp3) is 0.391. The SMILES string of the molecule is CCc1ccc(OCc2nnc(SCc3cc(=O)n4c(C)csc4n3)n2CC(C)C)cc1. The third-order valence-corrected chi connectivity index (χ3v) is 6.96. The van der Waals surface area contributed by atoms with E-state index in [0.717, 1.165) is 46.0 Å². The molecule has 0 amide bonds. The van der Waals surface area contributed by atoms with Crippen molar-refractivity contribution in [1.82, 2.24) is 24.1 Å². The van der Waals surface area contributed by atoms with Gasteiger partial charge in [-0.1, -0.05) is 44.7 Å². The first kappa shape index (κ1) is 22.5. The average molecular weight is 470 g/mol. The van der Waals surface area contributed by atoms with Crippen molar-refractivity contribution in [3.8, 4) is 5.75 Å². The van der Waals surface area contributed by atoms with Crippen LogP contribution >= 0.6 is 23.1 Å². The molecule has 0 fully saturated rings. The minimum absolute atomic E-state index is 0.0452. The van der Waals surface area contributed by atoms with E-state index < -0.39 is 0 Å². The predicted octanol–water partition coefficient (Wildman–Crippen LogP) is 4.75. The number of rotatable bonds is 9. The Labute approximate surface area is 195 Å². The standard InChI is InChI=1S/C23H27N5O2S2/c1-5-17-6-8-19(9-7-17)30-12-20-25-26-23(27(20)11-15(2)3)32-14-18-10-21(29)28-16(4)13-31-22(28)24-18/h6-10,13,15H,5,11-12,14H2,1-4H3. The summed E-state index contributed by atoms with van der Waals surface area (Å²) in [4.78, 5) is 17.8. The number of nitrogens with zero attached hydrogens (tertiary/aromatic N) is 5. The number of aromatic nitrogens is 5. The van der Waals surface area contributed by atoms with Crippen molar-refractivity contribution >= 4 is 28.1 Å². The van der Waals surface area contributed by atoms with Gasteiger partial charge in [0.05, 0.1) is 5.69 Å². The molecule has 0 saturated heterocycles. The van der Waals surface area contributed by atoms with E-state index in [-0.39, 0.29) is 5.56 Å². The number of benzene rings is 1. The Morgan fingerprint density at radius 3 is 2.69 bits per heavy atom. The molecule has 1 aromatic carbocycles. The van der Waals surface area contributed by atoms with Gasteiger partial charge in [0.25, 0.3) is 5.56 Å². The molecule has 3 aromatic heterocycles. The molecule has 0 aliphatic rings. The lowest BCUT2D eigenvalue weighted by Crippen LogP contribution is -2.15. The highest BCUT2D eigenvalue weighted by Crippen LogP contribution is 2.24. The van der Waals surface area contributed by atoms with Crippen LogP contribution in [-0.2, 0) is 25.3 Å². The molecular formula is C23H27N5O2S2. The Balaban J connectivity index is 1.49. The monoisotopic (exact) mass is 469 g/mol. The van der Waals surface area contributed by atoms with E-state index in [1.165, 1.54) is 16.9 Å². The molecule has 0 saturated carbocycles. The smallest absolute Gasteiger partial charge is 0.258 e. The molecule has 0 N–H and O–H groups in total. The van der Waals surface area contributed by atoms with Crippen molar-refractivity contribution in [3.63, 3.8) is 0 Å². The number of thioether (sulfide) groups is 1. The zero-order valence-corrected chi connectivity index (χ0v) is 20.4. The lowest BCUT2D eigenvalue weighted by Gasteiger charge is -2.13. The number of hydrogen-bond acceptors (Lipinski definition) is 7. The lowest BCUT2D eigenvalue weighted by molar-refractivity contribution is 0.284. The minimum atomic E-state index is -0.0452. The largest absolute Gasteiger partial charge is 0.486 e. The van der Waals surface area contributed by atoms with Gasteiger partial charge < -0.3 is 9.30 Å². The Kier molecular flexibility index (Phi) is 6.95. The van der Waals surface area contributed by atoms with Gasteiger partial charge in [-0.3, -0.25) is 9.20 Å². The molecule has 4 aromatic rings. The van der Waals surface area contributed by atoms with Crippen LogP contribution in [0.1, 0.15) is 43.5 Å². The van der Waals surface area contributed by atoms with Crippen LogP contribution in [0, 0.1) is 12.8 Å². The summed E-state index contributed by atoms with van der Waals surface area (Å²) in [5.74, 6) is 2.59. The summed E-state index contributed by atoms with van der Waals surface area (Å²) in [5.41, 5.74) is 2.89. The van der Waals surface area contributed by atoms with Crippen LogP contribution < -0.4 is 10.3 Å². The van der Waals surface area contributed by atoms with Gasteiger partial charge in [-0.2, -0.15) is 0 Å². The molecule has 0 atom stereocenters. The van der Waals surface area contributed by atoms with Crippen molar-refractivity contribution in [3.05, 3.63) is 68.8 Å². The quantitative estimate of drug-likeness (QED) is 0.330. The van der Waals surface area contributed by atoms with E-state index in [2.05, 4.69) is 52.7 Å². The maximum atomic E-state index is 12.4. The highest BCUT2D eigenvalue weighted by atomic mass is 32.2. The van der Waals surface area contributed by atoms with Crippen molar-refractivity contribution < 1.29 is 4.74 Å². The molecule has 168 valence electrons. The normalized spacial score (nSPS) is 11.5. The molecule has 32 heavy (non-hydrogen) atoms. The van der Waals surface area contributed by atoms with Crippen LogP contribution in [0.15, 0.2) is 45.7 Å². The topological polar surface area (TPSA) is 74.3 Å². The zero-order chi connectivity index (χ0) is 22.7. The second kappa shape index (κ2) is 9.87. The second-order valence-corrected chi connectivity index (χ2v) is 9.84. The summed E-state index contributed by atoms with van der Waals surface area (Å²) in [7, 11) is 0. The van der Waals surface area contributed by atoms with E-state index in [4.69, 9.17) is 4.74 Å². The Hall–Kier alpha value is -2.65. The van der Waals surface area contributed by atoms with Crippen LogP contribution in [0.4, 0.5) is 0 Å². The van der Waals surface area contributed by atoms with E-state index in [0.29, 0.717) is 18.3 Å². The van der Waals surface area contributed by atoms with Gasteiger partial charge in [0.1, 0.15) is 12.4 Å². The van der Waals surface area contributed by atoms with Crippen LogP contribution in [0.3, 0.4) is 0 Å². The molecule has 0 aliphatic carbocycles. The van der Waals surface area contributed by atoms with Gasteiger partial charge in [0.15, 0.2) is 15.9 Å². The van der Waals surface area contributed by atoms with E-state index in [1.54, 1.807) is 22.2 Å². The molecule has 0 aliphatic heterocycles. The molecule has 0 bridgehead atoms. The van der Waals surface area contributed by atoms with E-state index in [9.17, 15) is 4.79 Å². The maximum absolute atomic E-state index is 12.4. The van der Waals surface area contributed by atoms with Gasteiger partial charge in [0, 0.05) is 29.4 Å². The minimum Gasteiger partial charge on any atom is -0.486 e. The van der Waals surface area contributed by atoms with Crippen LogP contribution in [0.5, 0.6) is 5.75 Å². The number of hydrogen-bond donors (Lipinski definition) is 0. The molecule has 4 rings (SSSR count). The number of fused-ring (bicyclic) bond motifs is 1. The third kappa shape index (κ3) is 5.05. The molecule has 0 spiro atoms. The predicted molar refractivity (Wildman–Crippen MR) is 129 cm³/mol.